The van der Waals surface area contributed by atoms with E-state index in [-0.39, 0.29) is 31.9 Å². The molecule has 0 aliphatic heterocycles. The molecule has 0 radical (unpaired) electrons. The summed E-state index contributed by atoms with van der Waals surface area (Å²) < 4.78 is 13.3. The van der Waals surface area contributed by atoms with Crippen LogP contribution in [0.15, 0.2) is 128 Å². The van der Waals surface area contributed by atoms with Gasteiger partial charge in [-0.25, -0.2) is 9.55 Å². The molecule has 50 heavy (non-hydrogen) atoms. The topological polar surface area (TPSA) is 36.9 Å². The number of hydrogen-bond acceptors (Lipinski definition) is 2. The van der Waals surface area contributed by atoms with Gasteiger partial charge in [0.15, 0.2) is 17.4 Å². The third-order valence-electron chi connectivity index (χ3n) is 9.24. The number of rotatable bonds is 5. The van der Waals surface area contributed by atoms with Crippen molar-refractivity contribution in [3.8, 4) is 28.7 Å². The van der Waals surface area contributed by atoms with Crippen molar-refractivity contribution in [3.63, 3.8) is 0 Å². The zero-order valence-electron chi connectivity index (χ0n) is 29.1. The molecule has 8 rings (SSSR count). The van der Waals surface area contributed by atoms with E-state index in [1.165, 1.54) is 5.56 Å². The predicted molar refractivity (Wildman–Crippen MR) is 201 cm³/mol. The van der Waals surface area contributed by atoms with E-state index in [1.54, 1.807) is 0 Å². The first-order valence-corrected chi connectivity index (χ1v) is 16.8. The first-order valence-electron chi connectivity index (χ1n) is 16.8. The maximum atomic E-state index is 6.69. The maximum absolute atomic E-state index is 6.69. The average Bonchev–Trinajstić information content (AvgIpc) is 3.64. The number of imidazole rings is 1. The maximum Gasteiger partial charge on any atom is 0.168 e. The van der Waals surface area contributed by atoms with Crippen LogP contribution in [-0.4, -0.2) is 18.7 Å². The van der Waals surface area contributed by atoms with Crippen LogP contribution < -0.4 is 4.74 Å². The van der Waals surface area contributed by atoms with Crippen molar-refractivity contribution < 1.29 is 25.8 Å². The molecule has 0 saturated heterocycles. The van der Waals surface area contributed by atoms with Crippen LogP contribution in [0.5, 0.6) is 11.5 Å². The Hall–Kier alpha value is -4.99. The summed E-state index contributed by atoms with van der Waals surface area (Å²) in [6.45, 7) is 13.4. The largest absolute Gasteiger partial charge is 0.508 e. The van der Waals surface area contributed by atoms with Gasteiger partial charge in [0.2, 0.25) is 0 Å². The molecular formula is C44H39N4OPt-. The Morgan fingerprint density at radius 3 is 1.98 bits per heavy atom. The molecule has 5 aromatic carbocycles. The smallest absolute Gasteiger partial charge is 0.168 e. The minimum Gasteiger partial charge on any atom is -0.508 e. The first kappa shape index (κ1) is 33.5. The van der Waals surface area contributed by atoms with Crippen LogP contribution in [-0.2, 0) is 31.9 Å². The van der Waals surface area contributed by atoms with Gasteiger partial charge in [-0.05, 0) is 52.1 Å². The molecular weight excluding hydrogens is 796 g/mol. The SMILES string of the molecule is CC(C)(C)c1cc(Oc2[c-]c3c(cc2)c2ccccc2n3-c2cc(C(C)(C)C)ccn2)[c-]c(-n2[cH+]n(-c3ccccc3)c3ccccc32)c1.[Pt]. The molecule has 3 aromatic heterocycles. The molecule has 0 aliphatic rings. The number of benzene rings is 5. The molecule has 0 N–H and O–H groups in total. The Kier molecular flexibility index (Phi) is 8.52. The van der Waals surface area contributed by atoms with E-state index >= 15 is 0 Å². The molecule has 0 spiro atoms. The molecule has 5 nitrogen and oxygen atoms in total. The van der Waals surface area contributed by atoms with Gasteiger partial charge in [0.05, 0.1) is 0 Å². The van der Waals surface area contributed by atoms with Crippen LogP contribution in [0.4, 0.5) is 0 Å². The standard InChI is InChI=1S/C44H39N4O.Pt/c1-43(2,3)30-22-23-45-42(26-30)48-38-17-11-10-16-36(38)37-21-20-34(28-41(37)48)49-35-25-31(44(4,5)6)24-33(27-35)47-29-46(32-14-8-7-9-15-32)39-18-12-13-19-40(39)47;/h7-26,29H,1-6H3;/q-1;. The second-order valence-corrected chi connectivity index (χ2v) is 14.7. The van der Waals surface area contributed by atoms with E-state index < -0.39 is 0 Å². The van der Waals surface area contributed by atoms with E-state index in [1.807, 2.05) is 18.3 Å². The second-order valence-electron chi connectivity index (χ2n) is 14.7. The summed E-state index contributed by atoms with van der Waals surface area (Å²) in [5, 5.41) is 2.25. The van der Waals surface area contributed by atoms with E-state index in [0.29, 0.717) is 11.5 Å². The van der Waals surface area contributed by atoms with Crippen molar-refractivity contribution in [1.29, 1.82) is 0 Å². The van der Waals surface area contributed by atoms with Gasteiger partial charge in [-0.2, -0.15) is 10.6 Å². The first-order chi connectivity index (χ1) is 23.5. The van der Waals surface area contributed by atoms with Crippen LogP contribution in [0.3, 0.4) is 0 Å². The zero-order valence-corrected chi connectivity index (χ0v) is 31.4. The second kappa shape index (κ2) is 12.7. The summed E-state index contributed by atoms with van der Waals surface area (Å²) in [5.74, 6) is 2.12. The fraction of sp³-hybridized carbons (Fsp3) is 0.182. The molecule has 252 valence electrons. The van der Waals surface area contributed by atoms with Gasteiger partial charge in [-0.15, -0.1) is 35.2 Å². The molecule has 0 aliphatic carbocycles. The van der Waals surface area contributed by atoms with Gasteiger partial charge in [0, 0.05) is 62.1 Å². The number of pyridine rings is 1. The van der Waals surface area contributed by atoms with Gasteiger partial charge in [0.25, 0.3) is 0 Å². The molecule has 0 saturated carbocycles. The van der Waals surface area contributed by atoms with E-state index in [0.717, 1.165) is 55.6 Å². The van der Waals surface area contributed by atoms with Gasteiger partial charge in [0.1, 0.15) is 11.5 Å². The number of aromatic nitrogens is 4. The Bertz CT molecular complexity index is 2500. The van der Waals surface area contributed by atoms with Crippen molar-refractivity contribution in [2.45, 2.75) is 52.4 Å². The number of nitrogens with zero attached hydrogens (tertiary/aromatic N) is 4. The van der Waals surface area contributed by atoms with Crippen molar-refractivity contribution in [3.05, 3.63) is 151 Å². The molecule has 0 atom stereocenters. The fourth-order valence-electron chi connectivity index (χ4n) is 6.54. The van der Waals surface area contributed by atoms with Crippen LogP contribution in [0.1, 0.15) is 52.7 Å². The van der Waals surface area contributed by atoms with E-state index in [9.17, 15) is 0 Å². The number of hydrogen-bond donors (Lipinski definition) is 0. The van der Waals surface area contributed by atoms with E-state index in [4.69, 9.17) is 9.72 Å². The molecule has 3 heterocycles. The Morgan fingerprint density at radius 2 is 1.26 bits per heavy atom. The molecule has 8 aromatic rings. The number of fused-ring (bicyclic) bond motifs is 4. The van der Waals surface area contributed by atoms with Gasteiger partial charge in [-0.3, -0.25) is 0 Å². The van der Waals surface area contributed by atoms with Crippen molar-refractivity contribution >= 4 is 32.8 Å². The molecule has 0 unspecified atom stereocenters. The number of para-hydroxylation sites is 4. The minimum absolute atomic E-state index is 0. The van der Waals surface area contributed by atoms with Crippen molar-refractivity contribution in [2.24, 2.45) is 0 Å². The summed E-state index contributed by atoms with van der Waals surface area (Å²) in [4.78, 5) is 4.83. The summed E-state index contributed by atoms with van der Waals surface area (Å²) in [6, 6.07) is 47.3. The Balaban J connectivity index is 0.00000392. The summed E-state index contributed by atoms with van der Waals surface area (Å²) in [7, 11) is 0. The summed E-state index contributed by atoms with van der Waals surface area (Å²) >= 11 is 0. The zero-order chi connectivity index (χ0) is 33.9. The van der Waals surface area contributed by atoms with Crippen LogP contribution >= 0.6 is 0 Å². The van der Waals surface area contributed by atoms with Crippen molar-refractivity contribution in [1.82, 2.24) is 18.7 Å². The molecule has 6 heteroatoms. The Morgan fingerprint density at radius 1 is 0.600 bits per heavy atom. The summed E-state index contributed by atoms with van der Waals surface area (Å²) in [5.41, 5.74) is 8.46. The minimum atomic E-state index is -0.121. The van der Waals surface area contributed by atoms with E-state index in [2.05, 4.69) is 177 Å². The fourth-order valence-corrected chi connectivity index (χ4v) is 6.54. The third-order valence-corrected chi connectivity index (χ3v) is 9.24. The van der Waals surface area contributed by atoms with Crippen molar-refractivity contribution in [2.75, 3.05) is 0 Å². The van der Waals surface area contributed by atoms with Crippen LogP contribution in [0.25, 0.3) is 50.0 Å². The van der Waals surface area contributed by atoms with Crippen LogP contribution in [0, 0.1) is 12.1 Å². The summed E-state index contributed by atoms with van der Waals surface area (Å²) in [6.07, 6.45) is 4.04. The average molecular weight is 835 g/mol. The Labute approximate surface area is 308 Å². The predicted octanol–water partition coefficient (Wildman–Crippen LogP) is 11.2. The third kappa shape index (κ3) is 6.05. The molecule has 0 amide bonds. The number of ether oxygens (including phenoxy) is 1. The van der Waals surface area contributed by atoms with Gasteiger partial charge < -0.3 is 9.30 Å². The molecule has 0 bridgehead atoms. The monoisotopic (exact) mass is 834 g/mol. The van der Waals surface area contributed by atoms with Gasteiger partial charge in [-0.1, -0.05) is 102 Å². The normalized spacial score (nSPS) is 12.0. The quantitative estimate of drug-likeness (QED) is 0.162. The van der Waals surface area contributed by atoms with Gasteiger partial charge >= 0.3 is 0 Å². The van der Waals surface area contributed by atoms with Crippen LogP contribution in [0.2, 0.25) is 0 Å². The molecule has 0 fully saturated rings.